The molecule has 0 radical (unpaired) electrons. The SMILES string of the molecule is O=S(=O)(F)c1ccsc1C(CC(F)(F)F)c1c(-c2ccccc2)[nH]c2ccccc12. The van der Waals surface area contributed by atoms with Crippen LogP contribution in [0, 0.1) is 0 Å². The zero-order chi connectivity index (χ0) is 21.5. The molecule has 1 N–H and O–H groups in total. The van der Waals surface area contributed by atoms with Crippen LogP contribution < -0.4 is 0 Å². The molecule has 156 valence electrons. The fourth-order valence-electron chi connectivity index (χ4n) is 3.68. The van der Waals surface area contributed by atoms with Crippen LogP contribution in [0.15, 0.2) is 70.9 Å². The van der Waals surface area contributed by atoms with Crippen molar-refractivity contribution in [2.75, 3.05) is 0 Å². The van der Waals surface area contributed by atoms with Gasteiger partial charge in [0.1, 0.15) is 4.90 Å². The minimum absolute atomic E-state index is 0.170. The molecule has 3 nitrogen and oxygen atoms in total. The molecule has 0 spiro atoms. The molecule has 0 amide bonds. The van der Waals surface area contributed by atoms with E-state index in [1.54, 1.807) is 54.6 Å². The standard InChI is InChI=1S/C21H15F4NO2S2/c22-21(23,24)12-15(20-17(10-11-29-20)30(25,27)28)18-14-8-4-5-9-16(14)26-19(18)13-6-2-1-3-7-13/h1-11,15,26H,12H2. The van der Waals surface area contributed by atoms with Crippen LogP contribution >= 0.6 is 11.3 Å². The first-order chi connectivity index (χ1) is 14.1. The van der Waals surface area contributed by atoms with E-state index in [0.29, 0.717) is 27.7 Å². The van der Waals surface area contributed by atoms with Gasteiger partial charge in [-0.25, -0.2) is 0 Å². The quantitative estimate of drug-likeness (QED) is 0.272. The molecule has 2 heterocycles. The summed E-state index contributed by atoms with van der Waals surface area (Å²) >= 11 is 0.803. The fourth-order valence-corrected chi connectivity index (χ4v) is 5.72. The first kappa shape index (κ1) is 20.6. The molecule has 4 rings (SSSR count). The van der Waals surface area contributed by atoms with Crippen molar-refractivity contribution >= 4 is 32.5 Å². The maximum Gasteiger partial charge on any atom is 0.390 e. The van der Waals surface area contributed by atoms with Crippen molar-refractivity contribution in [1.82, 2.24) is 4.98 Å². The summed E-state index contributed by atoms with van der Waals surface area (Å²) in [5.41, 5.74) is 2.00. The lowest BCUT2D eigenvalue weighted by Gasteiger charge is -2.20. The summed E-state index contributed by atoms with van der Waals surface area (Å²) in [6, 6.07) is 16.7. The van der Waals surface area contributed by atoms with Gasteiger partial charge < -0.3 is 4.98 Å². The second-order valence-electron chi connectivity index (χ2n) is 6.78. The number of hydrogen-bond donors (Lipinski definition) is 1. The van der Waals surface area contributed by atoms with Crippen LogP contribution in [-0.2, 0) is 10.2 Å². The summed E-state index contributed by atoms with van der Waals surface area (Å²) in [4.78, 5) is 2.27. The number of benzene rings is 2. The third kappa shape index (κ3) is 3.99. The molecule has 0 aliphatic rings. The predicted molar refractivity (Wildman–Crippen MR) is 109 cm³/mol. The Morgan fingerprint density at radius 3 is 2.30 bits per heavy atom. The number of H-pyrrole nitrogens is 1. The van der Waals surface area contributed by atoms with E-state index >= 15 is 0 Å². The zero-order valence-electron chi connectivity index (χ0n) is 15.3. The van der Waals surface area contributed by atoms with E-state index in [0.717, 1.165) is 17.4 Å². The Bertz CT molecular complexity index is 1290. The lowest BCUT2D eigenvalue weighted by atomic mass is 9.89. The Morgan fingerprint density at radius 2 is 1.63 bits per heavy atom. The van der Waals surface area contributed by atoms with Gasteiger partial charge in [0, 0.05) is 21.7 Å². The molecule has 0 saturated heterocycles. The van der Waals surface area contributed by atoms with E-state index in [1.165, 1.54) is 5.38 Å². The van der Waals surface area contributed by atoms with Crippen LogP contribution in [-0.4, -0.2) is 19.6 Å². The number of thiophene rings is 1. The summed E-state index contributed by atoms with van der Waals surface area (Å²) in [5.74, 6) is -1.39. The smallest absolute Gasteiger partial charge is 0.354 e. The molecule has 30 heavy (non-hydrogen) atoms. The van der Waals surface area contributed by atoms with E-state index in [2.05, 4.69) is 4.98 Å². The number of hydrogen-bond acceptors (Lipinski definition) is 3. The lowest BCUT2D eigenvalue weighted by molar-refractivity contribution is -0.136. The van der Waals surface area contributed by atoms with E-state index in [9.17, 15) is 25.5 Å². The largest absolute Gasteiger partial charge is 0.390 e. The van der Waals surface area contributed by atoms with Gasteiger partial charge in [-0.05, 0) is 28.6 Å². The predicted octanol–water partition coefficient (Wildman–Crippen LogP) is 6.64. The van der Waals surface area contributed by atoms with Crippen LogP contribution in [0.3, 0.4) is 0 Å². The molecule has 1 unspecified atom stereocenters. The van der Waals surface area contributed by atoms with Crippen molar-refractivity contribution in [2.45, 2.75) is 23.4 Å². The molecule has 0 aliphatic carbocycles. The summed E-state index contributed by atoms with van der Waals surface area (Å²) in [6.45, 7) is 0. The monoisotopic (exact) mass is 453 g/mol. The zero-order valence-corrected chi connectivity index (χ0v) is 16.9. The summed E-state index contributed by atoms with van der Waals surface area (Å²) in [7, 11) is -5.18. The van der Waals surface area contributed by atoms with Gasteiger partial charge in [0.05, 0.1) is 12.1 Å². The molecule has 2 aromatic heterocycles. The highest BCUT2D eigenvalue weighted by atomic mass is 32.3. The van der Waals surface area contributed by atoms with Gasteiger partial charge >= 0.3 is 16.4 Å². The maximum atomic E-state index is 13.9. The van der Waals surface area contributed by atoms with Gasteiger partial charge in [-0.1, -0.05) is 48.5 Å². The average molecular weight is 453 g/mol. The normalized spacial score (nSPS) is 13.6. The fraction of sp³-hybridized carbons (Fsp3) is 0.143. The molecule has 9 heteroatoms. The summed E-state index contributed by atoms with van der Waals surface area (Å²) in [6.07, 6.45) is -5.92. The topological polar surface area (TPSA) is 49.9 Å². The Kier molecular flexibility index (Phi) is 5.19. The van der Waals surface area contributed by atoms with Crippen LogP contribution in [0.25, 0.3) is 22.2 Å². The Morgan fingerprint density at radius 1 is 0.967 bits per heavy atom. The second-order valence-corrected chi connectivity index (χ2v) is 9.05. The van der Waals surface area contributed by atoms with Crippen LogP contribution in [0.2, 0.25) is 0 Å². The number of aromatic nitrogens is 1. The third-order valence-electron chi connectivity index (χ3n) is 4.83. The average Bonchev–Trinajstić information content (AvgIpc) is 3.31. The molecule has 4 aromatic rings. The number of fused-ring (bicyclic) bond motifs is 1. The number of nitrogens with one attached hydrogen (secondary N) is 1. The highest BCUT2D eigenvalue weighted by molar-refractivity contribution is 7.86. The van der Waals surface area contributed by atoms with Gasteiger partial charge in [0.25, 0.3) is 0 Å². The number of para-hydroxylation sites is 1. The molecule has 0 fully saturated rings. The van der Waals surface area contributed by atoms with E-state index in [4.69, 9.17) is 0 Å². The van der Waals surface area contributed by atoms with Crippen molar-refractivity contribution < 1.29 is 25.5 Å². The van der Waals surface area contributed by atoms with Crippen LogP contribution in [0.4, 0.5) is 17.1 Å². The molecule has 2 aromatic carbocycles. The highest BCUT2D eigenvalue weighted by Gasteiger charge is 2.39. The number of aromatic amines is 1. The van der Waals surface area contributed by atoms with Crippen LogP contribution in [0.5, 0.6) is 0 Å². The van der Waals surface area contributed by atoms with Crippen molar-refractivity contribution in [3.8, 4) is 11.3 Å². The minimum atomic E-state index is -5.18. The van der Waals surface area contributed by atoms with E-state index in [-0.39, 0.29) is 4.88 Å². The van der Waals surface area contributed by atoms with Gasteiger partial charge in [0.2, 0.25) is 0 Å². The third-order valence-corrected chi connectivity index (χ3v) is 6.87. The lowest BCUT2D eigenvalue weighted by Crippen LogP contribution is -2.16. The number of rotatable bonds is 5. The Hall–Kier alpha value is -2.65. The van der Waals surface area contributed by atoms with E-state index < -0.39 is 33.6 Å². The maximum absolute atomic E-state index is 13.9. The van der Waals surface area contributed by atoms with Crippen molar-refractivity contribution in [3.05, 3.63) is 76.5 Å². The highest BCUT2D eigenvalue weighted by Crippen LogP contribution is 2.47. The second kappa shape index (κ2) is 7.55. The molecule has 0 saturated carbocycles. The van der Waals surface area contributed by atoms with Gasteiger partial charge in [-0.3, -0.25) is 0 Å². The molecular formula is C21H15F4NO2S2. The first-order valence-corrected chi connectivity index (χ1v) is 11.2. The minimum Gasteiger partial charge on any atom is -0.354 e. The number of halogens is 4. The van der Waals surface area contributed by atoms with Crippen molar-refractivity contribution in [3.63, 3.8) is 0 Å². The van der Waals surface area contributed by atoms with Gasteiger partial charge in [-0.15, -0.1) is 15.2 Å². The van der Waals surface area contributed by atoms with Crippen molar-refractivity contribution in [2.24, 2.45) is 0 Å². The van der Waals surface area contributed by atoms with Gasteiger partial charge in [0.15, 0.2) is 0 Å². The Balaban J connectivity index is 2.04. The first-order valence-electron chi connectivity index (χ1n) is 8.90. The van der Waals surface area contributed by atoms with Crippen molar-refractivity contribution in [1.29, 1.82) is 0 Å². The Labute approximate surface area is 174 Å². The van der Waals surface area contributed by atoms with Crippen LogP contribution in [0.1, 0.15) is 22.8 Å². The number of alkyl halides is 3. The molecule has 0 aliphatic heterocycles. The summed E-state index contributed by atoms with van der Waals surface area (Å²) in [5, 5.41) is 1.82. The molecule has 1 atom stereocenters. The molecule has 0 bridgehead atoms. The van der Waals surface area contributed by atoms with E-state index in [1.807, 2.05) is 0 Å². The van der Waals surface area contributed by atoms with Gasteiger partial charge in [-0.2, -0.15) is 21.6 Å². The molecular weight excluding hydrogens is 438 g/mol. The summed E-state index contributed by atoms with van der Waals surface area (Å²) < 4.78 is 77.9.